The van der Waals surface area contributed by atoms with Crippen LogP contribution < -0.4 is 5.32 Å². The summed E-state index contributed by atoms with van der Waals surface area (Å²) in [7, 11) is 0. The average molecular weight is 424 g/mol. The van der Waals surface area contributed by atoms with Gasteiger partial charge in [-0.2, -0.15) is 13.2 Å². The number of halogens is 6. The molecule has 0 aliphatic rings. The van der Waals surface area contributed by atoms with Gasteiger partial charge in [0, 0.05) is 10.6 Å². The van der Waals surface area contributed by atoms with Crippen LogP contribution in [-0.2, 0) is 26.9 Å². The van der Waals surface area contributed by atoms with Gasteiger partial charge in [-0.3, -0.25) is 9.59 Å². The molecule has 144 valence electrons. The van der Waals surface area contributed by atoms with Crippen LogP contribution in [0.2, 0.25) is 10.0 Å². The molecule has 0 radical (unpaired) electrons. The summed E-state index contributed by atoms with van der Waals surface area (Å²) in [5, 5.41) is 1.63. The minimum atomic E-state index is -4.74. The Bertz CT molecular complexity index is 851. The highest BCUT2D eigenvalue weighted by molar-refractivity contribution is 6.34. The van der Waals surface area contributed by atoms with Gasteiger partial charge < -0.3 is 10.1 Å². The van der Waals surface area contributed by atoms with Crippen LogP contribution in [0, 0.1) is 5.82 Å². The number of alkyl halides is 3. The molecule has 2 aromatic rings. The molecule has 1 amide bonds. The van der Waals surface area contributed by atoms with Crippen LogP contribution in [0.1, 0.15) is 11.1 Å². The van der Waals surface area contributed by atoms with Gasteiger partial charge in [0.25, 0.3) is 5.91 Å². The summed E-state index contributed by atoms with van der Waals surface area (Å²) in [5.41, 5.74) is -1.91. The van der Waals surface area contributed by atoms with E-state index < -0.39 is 48.1 Å². The van der Waals surface area contributed by atoms with E-state index in [-0.39, 0.29) is 15.6 Å². The van der Waals surface area contributed by atoms with Crippen molar-refractivity contribution in [3.63, 3.8) is 0 Å². The highest BCUT2D eigenvalue weighted by Gasteiger charge is 2.34. The summed E-state index contributed by atoms with van der Waals surface area (Å²) in [6, 6.07) is 6.81. The molecule has 0 spiro atoms. The van der Waals surface area contributed by atoms with Crippen molar-refractivity contribution in [3.05, 3.63) is 63.4 Å². The molecule has 0 aliphatic carbocycles. The fourth-order valence-corrected chi connectivity index (χ4v) is 2.56. The summed E-state index contributed by atoms with van der Waals surface area (Å²) < 4.78 is 57.2. The monoisotopic (exact) mass is 423 g/mol. The van der Waals surface area contributed by atoms with E-state index >= 15 is 0 Å². The van der Waals surface area contributed by atoms with Gasteiger partial charge in [0.2, 0.25) is 0 Å². The zero-order valence-electron chi connectivity index (χ0n) is 13.4. The number of esters is 1. The van der Waals surface area contributed by atoms with Crippen molar-refractivity contribution in [1.29, 1.82) is 0 Å². The first-order chi connectivity index (χ1) is 12.6. The molecule has 0 fully saturated rings. The van der Waals surface area contributed by atoms with Gasteiger partial charge in [0.15, 0.2) is 6.61 Å². The molecule has 0 unspecified atom stereocenters. The Morgan fingerprint density at radius 3 is 2.30 bits per heavy atom. The Balaban J connectivity index is 2.00. The van der Waals surface area contributed by atoms with Crippen molar-refractivity contribution < 1.29 is 31.9 Å². The van der Waals surface area contributed by atoms with Crippen molar-refractivity contribution in [2.75, 3.05) is 11.9 Å². The molecule has 0 aliphatic heterocycles. The number of para-hydroxylation sites is 1. The summed E-state index contributed by atoms with van der Waals surface area (Å²) >= 11 is 11.5. The number of hydrogen-bond donors (Lipinski definition) is 1. The molecule has 4 nitrogen and oxygen atoms in total. The van der Waals surface area contributed by atoms with Crippen molar-refractivity contribution >= 4 is 40.8 Å². The maximum Gasteiger partial charge on any atom is 0.418 e. The molecule has 27 heavy (non-hydrogen) atoms. The smallest absolute Gasteiger partial charge is 0.418 e. The molecule has 0 bridgehead atoms. The Morgan fingerprint density at radius 1 is 1.04 bits per heavy atom. The number of anilines is 1. The van der Waals surface area contributed by atoms with Gasteiger partial charge >= 0.3 is 12.1 Å². The largest absolute Gasteiger partial charge is 0.455 e. The summed E-state index contributed by atoms with van der Waals surface area (Å²) in [5.74, 6) is -2.75. The number of nitrogens with one attached hydrogen (secondary N) is 1. The molecule has 0 heterocycles. The predicted molar refractivity (Wildman–Crippen MR) is 91.2 cm³/mol. The minimum absolute atomic E-state index is 0.00212. The molecule has 0 saturated heterocycles. The average Bonchev–Trinajstić information content (AvgIpc) is 2.57. The number of rotatable bonds is 5. The molecule has 1 N–H and O–H groups in total. The predicted octanol–water partition coefficient (Wildman–Crippen LogP) is 4.88. The zero-order valence-corrected chi connectivity index (χ0v) is 14.9. The van der Waals surface area contributed by atoms with E-state index in [9.17, 15) is 27.2 Å². The van der Waals surface area contributed by atoms with E-state index in [1.807, 2.05) is 5.32 Å². The maximum absolute atomic E-state index is 13.6. The summed E-state index contributed by atoms with van der Waals surface area (Å²) in [6.07, 6.45) is -5.29. The lowest BCUT2D eigenvalue weighted by atomic mass is 10.1. The Morgan fingerprint density at radius 2 is 1.67 bits per heavy atom. The molecule has 2 aromatic carbocycles. The van der Waals surface area contributed by atoms with E-state index in [4.69, 9.17) is 23.2 Å². The van der Waals surface area contributed by atoms with Crippen LogP contribution in [0.4, 0.5) is 23.2 Å². The third kappa shape index (κ3) is 5.58. The quantitative estimate of drug-likeness (QED) is 0.550. The second-order valence-electron chi connectivity index (χ2n) is 5.25. The first-order valence-electron chi connectivity index (χ1n) is 7.33. The number of ether oxygens (including phenoxy) is 1. The summed E-state index contributed by atoms with van der Waals surface area (Å²) in [4.78, 5) is 23.6. The number of amides is 1. The van der Waals surface area contributed by atoms with E-state index in [1.165, 1.54) is 18.2 Å². The zero-order chi connectivity index (χ0) is 20.2. The van der Waals surface area contributed by atoms with E-state index in [1.54, 1.807) is 0 Å². The fraction of sp³-hybridized carbons (Fsp3) is 0.176. The fourth-order valence-electron chi connectivity index (χ4n) is 2.11. The van der Waals surface area contributed by atoms with Crippen molar-refractivity contribution in [3.8, 4) is 0 Å². The summed E-state index contributed by atoms with van der Waals surface area (Å²) in [6.45, 7) is -0.882. The molecule has 0 aromatic heterocycles. The standard InChI is InChI=1S/C17H11Cl2F4NO3/c18-11-4-2-6-13(20)9(11)7-15(26)27-8-14(25)24-16-10(17(21,22)23)3-1-5-12(16)19/h1-6H,7-8H2,(H,24,25). The number of hydrogen-bond acceptors (Lipinski definition) is 3. The van der Waals surface area contributed by atoms with Crippen LogP contribution in [0.3, 0.4) is 0 Å². The van der Waals surface area contributed by atoms with Crippen LogP contribution in [0.5, 0.6) is 0 Å². The molecule has 0 atom stereocenters. The van der Waals surface area contributed by atoms with Gasteiger partial charge in [-0.05, 0) is 24.3 Å². The van der Waals surface area contributed by atoms with Crippen LogP contribution >= 0.6 is 23.2 Å². The number of carbonyl (C=O) groups excluding carboxylic acids is 2. The van der Waals surface area contributed by atoms with Crippen molar-refractivity contribution in [2.45, 2.75) is 12.6 Å². The first-order valence-corrected chi connectivity index (χ1v) is 8.09. The topological polar surface area (TPSA) is 55.4 Å². The second-order valence-corrected chi connectivity index (χ2v) is 6.06. The Kier molecular flexibility index (Phi) is 6.67. The van der Waals surface area contributed by atoms with Gasteiger partial charge in [0.1, 0.15) is 5.82 Å². The molecule has 10 heteroatoms. The van der Waals surface area contributed by atoms with Crippen LogP contribution in [-0.4, -0.2) is 18.5 Å². The van der Waals surface area contributed by atoms with Gasteiger partial charge in [-0.1, -0.05) is 35.3 Å². The molecular formula is C17H11Cl2F4NO3. The molecule has 0 saturated carbocycles. The highest BCUT2D eigenvalue weighted by Crippen LogP contribution is 2.38. The lowest BCUT2D eigenvalue weighted by molar-refractivity contribution is -0.146. The first kappa shape index (κ1) is 21.0. The Labute approximate surface area is 161 Å². The third-order valence-electron chi connectivity index (χ3n) is 3.33. The lowest BCUT2D eigenvalue weighted by Gasteiger charge is -2.15. The normalized spacial score (nSPS) is 11.2. The second kappa shape index (κ2) is 8.58. The van der Waals surface area contributed by atoms with Crippen molar-refractivity contribution in [1.82, 2.24) is 0 Å². The van der Waals surface area contributed by atoms with Crippen LogP contribution in [0.15, 0.2) is 36.4 Å². The van der Waals surface area contributed by atoms with E-state index in [2.05, 4.69) is 4.74 Å². The van der Waals surface area contributed by atoms with E-state index in [0.29, 0.717) is 0 Å². The van der Waals surface area contributed by atoms with Gasteiger partial charge in [-0.15, -0.1) is 0 Å². The minimum Gasteiger partial charge on any atom is -0.455 e. The number of benzene rings is 2. The van der Waals surface area contributed by atoms with Gasteiger partial charge in [0.05, 0.1) is 22.7 Å². The van der Waals surface area contributed by atoms with E-state index in [0.717, 1.165) is 18.2 Å². The van der Waals surface area contributed by atoms with Crippen LogP contribution in [0.25, 0.3) is 0 Å². The Hall–Kier alpha value is -2.32. The molecule has 2 rings (SSSR count). The third-order valence-corrected chi connectivity index (χ3v) is 4.00. The number of carbonyl (C=O) groups is 2. The highest BCUT2D eigenvalue weighted by atomic mass is 35.5. The molecular weight excluding hydrogens is 413 g/mol. The SMILES string of the molecule is O=C(COC(=O)Cc1c(F)cccc1Cl)Nc1c(Cl)cccc1C(F)(F)F. The lowest BCUT2D eigenvalue weighted by Crippen LogP contribution is -2.23. The maximum atomic E-state index is 13.6. The van der Waals surface area contributed by atoms with Crippen molar-refractivity contribution in [2.24, 2.45) is 0 Å². The van der Waals surface area contributed by atoms with Gasteiger partial charge in [-0.25, -0.2) is 4.39 Å².